The first kappa shape index (κ1) is 14.5. The SMILES string of the molecule is Cc1noc(C)c1CN(C)C[C@]1(O)CNCCOC1. The summed E-state index contributed by atoms with van der Waals surface area (Å²) in [4.78, 5) is 2.07. The number of aliphatic hydroxyl groups is 1. The van der Waals surface area contributed by atoms with Crippen LogP contribution in [-0.2, 0) is 11.3 Å². The van der Waals surface area contributed by atoms with E-state index in [2.05, 4.69) is 15.4 Å². The highest BCUT2D eigenvalue weighted by Crippen LogP contribution is 2.16. The first-order valence-electron chi connectivity index (χ1n) is 6.61. The minimum atomic E-state index is -0.843. The fraction of sp³-hybridized carbons (Fsp3) is 0.769. The van der Waals surface area contributed by atoms with Gasteiger partial charge in [0.1, 0.15) is 11.4 Å². The van der Waals surface area contributed by atoms with Crippen LogP contribution in [0.25, 0.3) is 0 Å². The van der Waals surface area contributed by atoms with Gasteiger partial charge in [-0.15, -0.1) is 0 Å². The van der Waals surface area contributed by atoms with E-state index in [1.54, 1.807) is 0 Å². The number of likely N-dealkylation sites (N-methyl/N-ethyl adjacent to an activating group) is 1. The zero-order chi connectivity index (χ0) is 13.9. The summed E-state index contributed by atoms with van der Waals surface area (Å²) in [5, 5.41) is 17.7. The molecule has 19 heavy (non-hydrogen) atoms. The van der Waals surface area contributed by atoms with E-state index in [4.69, 9.17) is 9.26 Å². The van der Waals surface area contributed by atoms with Crippen molar-refractivity contribution in [1.29, 1.82) is 0 Å². The van der Waals surface area contributed by atoms with Gasteiger partial charge >= 0.3 is 0 Å². The van der Waals surface area contributed by atoms with Gasteiger partial charge in [0.2, 0.25) is 0 Å². The van der Waals surface area contributed by atoms with Gasteiger partial charge in [0.25, 0.3) is 0 Å². The van der Waals surface area contributed by atoms with Gasteiger partial charge in [0.05, 0.1) is 18.9 Å². The van der Waals surface area contributed by atoms with E-state index in [1.165, 1.54) is 0 Å². The predicted molar refractivity (Wildman–Crippen MR) is 70.9 cm³/mol. The van der Waals surface area contributed by atoms with Crippen molar-refractivity contribution < 1.29 is 14.4 Å². The molecule has 1 aromatic rings. The molecule has 1 saturated heterocycles. The second-order valence-electron chi connectivity index (χ2n) is 5.43. The van der Waals surface area contributed by atoms with Crippen LogP contribution in [0.1, 0.15) is 17.0 Å². The van der Waals surface area contributed by atoms with Crippen molar-refractivity contribution in [1.82, 2.24) is 15.4 Å². The first-order chi connectivity index (χ1) is 9.00. The molecule has 0 radical (unpaired) electrons. The smallest absolute Gasteiger partial charge is 0.138 e. The summed E-state index contributed by atoms with van der Waals surface area (Å²) in [5.74, 6) is 0.839. The third-order valence-corrected chi connectivity index (χ3v) is 3.42. The van der Waals surface area contributed by atoms with Crippen molar-refractivity contribution in [3.05, 3.63) is 17.0 Å². The van der Waals surface area contributed by atoms with Crippen LogP contribution >= 0.6 is 0 Å². The highest BCUT2D eigenvalue weighted by atomic mass is 16.5. The molecule has 2 heterocycles. The maximum atomic E-state index is 10.5. The molecule has 1 fully saturated rings. The molecule has 1 aliphatic rings. The zero-order valence-electron chi connectivity index (χ0n) is 11.9. The highest BCUT2D eigenvalue weighted by Gasteiger charge is 2.30. The topological polar surface area (TPSA) is 70.8 Å². The van der Waals surface area contributed by atoms with Crippen molar-refractivity contribution in [2.24, 2.45) is 0 Å². The lowest BCUT2D eigenvalue weighted by Gasteiger charge is -2.30. The van der Waals surface area contributed by atoms with E-state index in [0.717, 1.165) is 23.6 Å². The van der Waals surface area contributed by atoms with Gasteiger partial charge in [0.15, 0.2) is 0 Å². The van der Waals surface area contributed by atoms with Gasteiger partial charge in [-0.1, -0.05) is 5.16 Å². The monoisotopic (exact) mass is 269 g/mol. The second-order valence-corrected chi connectivity index (χ2v) is 5.43. The number of aromatic nitrogens is 1. The molecule has 0 aliphatic carbocycles. The molecule has 6 nitrogen and oxygen atoms in total. The Bertz CT molecular complexity index is 392. The highest BCUT2D eigenvalue weighted by molar-refractivity contribution is 5.20. The Hall–Kier alpha value is -0.950. The van der Waals surface area contributed by atoms with Crippen molar-refractivity contribution in [3.8, 4) is 0 Å². The molecule has 0 bridgehead atoms. The Morgan fingerprint density at radius 3 is 2.95 bits per heavy atom. The summed E-state index contributed by atoms with van der Waals surface area (Å²) >= 11 is 0. The molecule has 2 rings (SSSR count). The molecule has 6 heteroatoms. The number of nitrogens with one attached hydrogen (secondary N) is 1. The van der Waals surface area contributed by atoms with Gasteiger partial charge < -0.3 is 19.7 Å². The third kappa shape index (κ3) is 3.76. The number of nitrogens with zero attached hydrogens (tertiary/aromatic N) is 2. The largest absolute Gasteiger partial charge is 0.385 e. The Labute approximate surface area is 113 Å². The Morgan fingerprint density at radius 1 is 1.47 bits per heavy atom. The van der Waals surface area contributed by atoms with Crippen LogP contribution in [0.5, 0.6) is 0 Å². The quantitative estimate of drug-likeness (QED) is 0.806. The summed E-state index contributed by atoms with van der Waals surface area (Å²) in [6.07, 6.45) is 0. The first-order valence-corrected chi connectivity index (χ1v) is 6.61. The van der Waals surface area contributed by atoms with E-state index >= 15 is 0 Å². The number of rotatable bonds is 4. The zero-order valence-corrected chi connectivity index (χ0v) is 11.9. The summed E-state index contributed by atoms with van der Waals surface area (Å²) in [5.41, 5.74) is 1.16. The Balaban J connectivity index is 1.95. The lowest BCUT2D eigenvalue weighted by atomic mass is 10.0. The molecule has 108 valence electrons. The van der Waals surface area contributed by atoms with Crippen LogP contribution in [0.2, 0.25) is 0 Å². The molecule has 1 aliphatic heterocycles. The van der Waals surface area contributed by atoms with Crippen molar-refractivity contribution in [3.63, 3.8) is 0 Å². The summed E-state index contributed by atoms with van der Waals surface area (Å²) < 4.78 is 10.6. The van der Waals surface area contributed by atoms with Crippen LogP contribution < -0.4 is 5.32 Å². The summed E-state index contributed by atoms with van der Waals surface area (Å²) in [7, 11) is 1.98. The van der Waals surface area contributed by atoms with E-state index < -0.39 is 5.60 Å². The third-order valence-electron chi connectivity index (χ3n) is 3.42. The minimum absolute atomic E-state index is 0.367. The van der Waals surface area contributed by atoms with E-state index in [9.17, 15) is 5.11 Å². The van der Waals surface area contributed by atoms with Crippen LogP contribution in [0, 0.1) is 13.8 Å². The molecular formula is C13H23N3O3. The normalized spacial score (nSPS) is 24.7. The van der Waals surface area contributed by atoms with Crippen LogP contribution in [0.4, 0.5) is 0 Å². The van der Waals surface area contributed by atoms with E-state index in [-0.39, 0.29) is 0 Å². The lowest BCUT2D eigenvalue weighted by molar-refractivity contribution is -0.0462. The molecule has 1 aromatic heterocycles. The van der Waals surface area contributed by atoms with Crippen LogP contribution in [0.15, 0.2) is 4.52 Å². The standard InChI is InChI=1S/C13H23N3O3/c1-10-12(11(2)19-15-10)6-16(3)8-13(17)7-14-4-5-18-9-13/h14,17H,4-9H2,1-3H3/t13-/m1/s1. The van der Waals surface area contributed by atoms with Gasteiger partial charge in [0, 0.05) is 31.7 Å². The average Bonchev–Trinajstić information content (AvgIpc) is 2.55. The molecule has 0 unspecified atom stereocenters. The molecule has 0 spiro atoms. The minimum Gasteiger partial charge on any atom is -0.385 e. The Kier molecular flexibility index (Phi) is 4.57. The van der Waals surface area contributed by atoms with Gasteiger partial charge in [-0.3, -0.25) is 4.90 Å². The number of hydrogen-bond acceptors (Lipinski definition) is 6. The molecular weight excluding hydrogens is 246 g/mol. The van der Waals surface area contributed by atoms with Crippen LogP contribution in [-0.4, -0.2) is 60.7 Å². The van der Waals surface area contributed by atoms with Crippen molar-refractivity contribution in [2.45, 2.75) is 26.0 Å². The van der Waals surface area contributed by atoms with Crippen molar-refractivity contribution >= 4 is 0 Å². The molecule has 0 aromatic carbocycles. The maximum absolute atomic E-state index is 10.5. The van der Waals surface area contributed by atoms with Gasteiger partial charge in [-0.05, 0) is 20.9 Å². The molecule has 0 saturated carbocycles. The van der Waals surface area contributed by atoms with Gasteiger partial charge in [-0.2, -0.15) is 0 Å². The maximum Gasteiger partial charge on any atom is 0.138 e. The predicted octanol–water partition coefficient (Wildman–Crippen LogP) is 0.0741. The fourth-order valence-corrected chi connectivity index (χ4v) is 2.44. The van der Waals surface area contributed by atoms with Crippen molar-refractivity contribution in [2.75, 3.05) is 39.9 Å². The van der Waals surface area contributed by atoms with Crippen LogP contribution in [0.3, 0.4) is 0 Å². The van der Waals surface area contributed by atoms with E-state index in [1.807, 2.05) is 20.9 Å². The fourth-order valence-electron chi connectivity index (χ4n) is 2.44. The summed E-state index contributed by atoms with van der Waals surface area (Å²) in [6, 6.07) is 0. The number of ether oxygens (including phenoxy) is 1. The number of aryl methyl sites for hydroxylation is 2. The molecule has 0 amide bonds. The van der Waals surface area contributed by atoms with Gasteiger partial charge in [-0.25, -0.2) is 0 Å². The average molecular weight is 269 g/mol. The molecule has 1 atom stereocenters. The lowest BCUT2D eigenvalue weighted by Crippen LogP contribution is -2.50. The summed E-state index contributed by atoms with van der Waals surface area (Å²) in [6.45, 7) is 7.46. The second kappa shape index (κ2) is 6.00. The van der Waals surface area contributed by atoms with E-state index in [0.29, 0.717) is 32.8 Å². The Morgan fingerprint density at radius 2 is 2.26 bits per heavy atom. The number of β-amino-alcohol motifs (C(OH)–C–C–N with tert-alkyl or cyclic N) is 1. The number of hydrogen-bond donors (Lipinski definition) is 2. The molecule has 2 N–H and O–H groups in total.